The van der Waals surface area contributed by atoms with E-state index in [4.69, 9.17) is 27.9 Å². The lowest BCUT2D eigenvalue weighted by Gasteiger charge is -2.31. The standard InChI is InChI=1S/C26H34Cl2N2O3/c1-6-24(26(32)29-14-17(2)3)30(15-20-7-10-21(27)13-23(20)28)25(31)16-33-22-11-8-19(9-12-22)18(4)5/h7-13,17-18,24H,6,14-16H2,1-5H3,(H,29,32). The summed E-state index contributed by atoms with van der Waals surface area (Å²) >= 11 is 12.4. The van der Waals surface area contributed by atoms with Gasteiger partial charge in [-0.2, -0.15) is 0 Å². The highest BCUT2D eigenvalue weighted by atomic mass is 35.5. The normalized spacial score (nSPS) is 12.0. The lowest BCUT2D eigenvalue weighted by Crippen LogP contribution is -2.50. The third-order valence-corrected chi connectivity index (χ3v) is 5.92. The minimum atomic E-state index is -0.644. The maximum Gasteiger partial charge on any atom is 0.261 e. The van der Waals surface area contributed by atoms with E-state index in [1.54, 1.807) is 18.2 Å². The third kappa shape index (κ3) is 8.24. The van der Waals surface area contributed by atoms with E-state index in [9.17, 15) is 9.59 Å². The Balaban J connectivity index is 2.21. The smallest absolute Gasteiger partial charge is 0.261 e. The lowest BCUT2D eigenvalue weighted by molar-refractivity contribution is -0.143. The highest BCUT2D eigenvalue weighted by molar-refractivity contribution is 6.35. The van der Waals surface area contributed by atoms with E-state index < -0.39 is 6.04 Å². The summed E-state index contributed by atoms with van der Waals surface area (Å²) in [5.41, 5.74) is 1.91. The summed E-state index contributed by atoms with van der Waals surface area (Å²) in [5.74, 6) is 0.842. The summed E-state index contributed by atoms with van der Waals surface area (Å²) in [6.45, 7) is 10.7. The second-order valence-electron chi connectivity index (χ2n) is 8.83. The predicted octanol–water partition coefficient (Wildman–Crippen LogP) is 6.08. The van der Waals surface area contributed by atoms with Crippen LogP contribution in [0.4, 0.5) is 0 Å². The molecular formula is C26H34Cl2N2O3. The molecule has 0 radical (unpaired) electrons. The molecule has 180 valence electrons. The topological polar surface area (TPSA) is 58.6 Å². The zero-order chi connectivity index (χ0) is 24.5. The van der Waals surface area contributed by atoms with Gasteiger partial charge in [-0.3, -0.25) is 9.59 Å². The van der Waals surface area contributed by atoms with Gasteiger partial charge in [0, 0.05) is 23.1 Å². The van der Waals surface area contributed by atoms with Crippen molar-refractivity contribution in [3.63, 3.8) is 0 Å². The van der Waals surface area contributed by atoms with Gasteiger partial charge < -0.3 is 15.0 Å². The highest BCUT2D eigenvalue weighted by Crippen LogP contribution is 2.24. The largest absolute Gasteiger partial charge is 0.484 e. The Hall–Kier alpha value is -2.24. The van der Waals surface area contributed by atoms with Crippen LogP contribution in [0.3, 0.4) is 0 Å². The van der Waals surface area contributed by atoms with Gasteiger partial charge in [-0.05, 0) is 53.6 Å². The number of benzene rings is 2. The van der Waals surface area contributed by atoms with Gasteiger partial charge in [0.05, 0.1) is 0 Å². The van der Waals surface area contributed by atoms with Crippen LogP contribution in [-0.4, -0.2) is 35.9 Å². The molecule has 2 aromatic carbocycles. The molecule has 0 spiro atoms. The maximum atomic E-state index is 13.3. The first-order chi connectivity index (χ1) is 15.6. The lowest BCUT2D eigenvalue weighted by atomic mass is 10.0. The number of nitrogens with zero attached hydrogens (tertiary/aromatic N) is 1. The van der Waals surface area contributed by atoms with Gasteiger partial charge in [0.15, 0.2) is 6.61 Å². The van der Waals surface area contributed by atoms with E-state index in [1.807, 2.05) is 45.0 Å². The molecular weight excluding hydrogens is 459 g/mol. The third-order valence-electron chi connectivity index (χ3n) is 5.34. The van der Waals surface area contributed by atoms with Crippen LogP contribution in [0.25, 0.3) is 0 Å². The van der Waals surface area contributed by atoms with E-state index in [0.29, 0.717) is 46.2 Å². The molecule has 0 aliphatic heterocycles. The van der Waals surface area contributed by atoms with Crippen molar-refractivity contribution in [2.75, 3.05) is 13.2 Å². The van der Waals surface area contributed by atoms with Crippen LogP contribution < -0.4 is 10.1 Å². The Kier molecular flexibility index (Phi) is 10.5. The molecule has 0 bridgehead atoms. The van der Waals surface area contributed by atoms with Crippen molar-refractivity contribution < 1.29 is 14.3 Å². The number of carbonyl (C=O) groups excluding carboxylic acids is 2. The van der Waals surface area contributed by atoms with Crippen molar-refractivity contribution in [3.05, 3.63) is 63.6 Å². The first-order valence-electron chi connectivity index (χ1n) is 11.4. The van der Waals surface area contributed by atoms with Crippen molar-refractivity contribution in [3.8, 4) is 5.75 Å². The van der Waals surface area contributed by atoms with Crippen LogP contribution in [-0.2, 0) is 16.1 Å². The summed E-state index contributed by atoms with van der Waals surface area (Å²) in [5, 5.41) is 3.90. The number of nitrogens with one attached hydrogen (secondary N) is 1. The Morgan fingerprint density at radius 2 is 1.70 bits per heavy atom. The quantitative estimate of drug-likeness (QED) is 0.413. The first-order valence-corrected chi connectivity index (χ1v) is 12.1. The molecule has 0 aromatic heterocycles. The Labute approximate surface area is 207 Å². The summed E-state index contributed by atoms with van der Waals surface area (Å²) in [4.78, 5) is 27.7. The summed E-state index contributed by atoms with van der Waals surface area (Å²) in [6, 6.07) is 12.2. The van der Waals surface area contributed by atoms with Gasteiger partial charge in [0.1, 0.15) is 11.8 Å². The number of amides is 2. The molecule has 5 nitrogen and oxygen atoms in total. The summed E-state index contributed by atoms with van der Waals surface area (Å²) in [6.07, 6.45) is 0.462. The Bertz CT molecular complexity index is 930. The zero-order valence-corrected chi connectivity index (χ0v) is 21.5. The number of carbonyl (C=O) groups is 2. The van der Waals surface area contributed by atoms with E-state index >= 15 is 0 Å². The van der Waals surface area contributed by atoms with Crippen LogP contribution in [0.2, 0.25) is 10.0 Å². The second-order valence-corrected chi connectivity index (χ2v) is 9.68. The predicted molar refractivity (Wildman–Crippen MR) is 135 cm³/mol. The molecule has 2 rings (SSSR count). The number of halogens is 2. The molecule has 2 amide bonds. The van der Waals surface area contributed by atoms with E-state index in [1.165, 1.54) is 10.5 Å². The second kappa shape index (κ2) is 12.9. The number of rotatable bonds is 11. The van der Waals surface area contributed by atoms with Crippen molar-refractivity contribution in [1.29, 1.82) is 0 Å². The fraction of sp³-hybridized carbons (Fsp3) is 0.462. The fourth-order valence-electron chi connectivity index (χ4n) is 3.35. The van der Waals surface area contributed by atoms with Crippen LogP contribution in [0.5, 0.6) is 5.75 Å². The molecule has 2 aromatic rings. The van der Waals surface area contributed by atoms with Crippen LogP contribution >= 0.6 is 23.2 Å². The molecule has 0 heterocycles. The molecule has 0 aliphatic rings. The molecule has 1 atom stereocenters. The minimum Gasteiger partial charge on any atom is -0.484 e. The molecule has 1 unspecified atom stereocenters. The minimum absolute atomic E-state index is 0.179. The van der Waals surface area contributed by atoms with Crippen molar-refractivity contribution in [2.45, 2.75) is 59.5 Å². The van der Waals surface area contributed by atoms with Crippen LogP contribution in [0.15, 0.2) is 42.5 Å². The summed E-state index contributed by atoms with van der Waals surface area (Å²) < 4.78 is 5.77. The molecule has 7 heteroatoms. The van der Waals surface area contributed by atoms with Crippen LogP contribution in [0, 0.1) is 5.92 Å². The van der Waals surface area contributed by atoms with Gasteiger partial charge in [-0.25, -0.2) is 0 Å². The van der Waals surface area contributed by atoms with Crippen molar-refractivity contribution in [1.82, 2.24) is 10.2 Å². The van der Waals surface area contributed by atoms with E-state index in [-0.39, 0.29) is 25.0 Å². The van der Waals surface area contributed by atoms with E-state index in [2.05, 4.69) is 19.2 Å². The van der Waals surface area contributed by atoms with Gasteiger partial charge in [0.25, 0.3) is 5.91 Å². The number of ether oxygens (including phenoxy) is 1. The van der Waals surface area contributed by atoms with Gasteiger partial charge >= 0.3 is 0 Å². The average Bonchev–Trinajstić information content (AvgIpc) is 2.77. The average molecular weight is 493 g/mol. The monoisotopic (exact) mass is 492 g/mol. The molecule has 33 heavy (non-hydrogen) atoms. The summed E-state index contributed by atoms with van der Waals surface area (Å²) in [7, 11) is 0. The molecule has 0 aliphatic carbocycles. The fourth-order valence-corrected chi connectivity index (χ4v) is 3.82. The van der Waals surface area contributed by atoms with Crippen LogP contribution in [0.1, 0.15) is 58.1 Å². The Morgan fingerprint density at radius 3 is 2.24 bits per heavy atom. The number of hydrogen-bond acceptors (Lipinski definition) is 3. The van der Waals surface area contributed by atoms with Crippen molar-refractivity contribution in [2.24, 2.45) is 5.92 Å². The maximum absolute atomic E-state index is 13.3. The molecule has 0 saturated carbocycles. The van der Waals surface area contributed by atoms with E-state index in [0.717, 1.165) is 0 Å². The molecule has 1 N–H and O–H groups in total. The SMILES string of the molecule is CCC(C(=O)NCC(C)C)N(Cc1ccc(Cl)cc1Cl)C(=O)COc1ccc(C(C)C)cc1. The number of hydrogen-bond donors (Lipinski definition) is 1. The van der Waals surface area contributed by atoms with Gasteiger partial charge in [-0.15, -0.1) is 0 Å². The molecule has 0 fully saturated rings. The highest BCUT2D eigenvalue weighted by Gasteiger charge is 2.29. The first kappa shape index (κ1) is 27.0. The Morgan fingerprint density at radius 1 is 1.03 bits per heavy atom. The van der Waals surface area contributed by atoms with Gasteiger partial charge in [-0.1, -0.05) is 76.0 Å². The van der Waals surface area contributed by atoms with Gasteiger partial charge in [0.2, 0.25) is 5.91 Å². The van der Waals surface area contributed by atoms with Crippen molar-refractivity contribution >= 4 is 35.0 Å². The molecule has 0 saturated heterocycles. The zero-order valence-electron chi connectivity index (χ0n) is 20.0.